The minimum Gasteiger partial charge on any atom is -0.384 e. The molecule has 0 aliphatic rings. The molecule has 0 aliphatic carbocycles. The fourth-order valence-corrected chi connectivity index (χ4v) is 2.44. The van der Waals surface area contributed by atoms with Gasteiger partial charge in [-0.05, 0) is 18.6 Å². The van der Waals surface area contributed by atoms with Gasteiger partial charge in [0, 0.05) is 23.6 Å². The number of nitrogens with zero attached hydrogens (tertiary/aromatic N) is 3. The Morgan fingerprint density at radius 3 is 2.75 bits per heavy atom. The molecule has 0 radical (unpaired) electrons. The molecule has 1 heterocycles. The van der Waals surface area contributed by atoms with Crippen molar-refractivity contribution < 1.29 is 9.31 Å². The molecule has 8 heteroatoms. The second kappa shape index (κ2) is 5.83. The number of benzene rings is 1. The van der Waals surface area contributed by atoms with E-state index in [-0.39, 0.29) is 5.69 Å². The van der Waals surface area contributed by atoms with Crippen molar-refractivity contribution in [3.63, 3.8) is 0 Å². The van der Waals surface area contributed by atoms with Gasteiger partial charge in [0.25, 0.3) is 5.69 Å². The summed E-state index contributed by atoms with van der Waals surface area (Å²) < 4.78 is 13.3. The van der Waals surface area contributed by atoms with E-state index >= 15 is 0 Å². The van der Waals surface area contributed by atoms with Gasteiger partial charge in [-0.3, -0.25) is 10.1 Å². The van der Waals surface area contributed by atoms with Crippen LogP contribution < -0.4 is 5.73 Å². The maximum atomic E-state index is 13.3. The predicted molar refractivity (Wildman–Crippen MR) is 73.8 cm³/mol. The molecule has 2 N–H and O–H groups in total. The van der Waals surface area contributed by atoms with Crippen LogP contribution in [0.25, 0.3) is 0 Å². The number of aryl methyl sites for hydroxylation is 1. The van der Waals surface area contributed by atoms with Crippen molar-refractivity contribution in [1.82, 2.24) is 9.97 Å². The summed E-state index contributed by atoms with van der Waals surface area (Å²) in [6, 6.07) is 5.10. The molecule has 1 aromatic heterocycles. The number of anilines is 1. The van der Waals surface area contributed by atoms with E-state index in [4.69, 9.17) is 5.73 Å². The second-order valence-corrected chi connectivity index (χ2v) is 5.02. The first-order chi connectivity index (χ1) is 9.44. The van der Waals surface area contributed by atoms with Gasteiger partial charge < -0.3 is 5.73 Å². The van der Waals surface area contributed by atoms with Crippen LogP contribution >= 0.6 is 11.8 Å². The topological polar surface area (TPSA) is 94.9 Å². The summed E-state index contributed by atoms with van der Waals surface area (Å²) in [5, 5.41) is 11.1. The van der Waals surface area contributed by atoms with Crippen LogP contribution in [0.1, 0.15) is 11.3 Å². The molecule has 0 fully saturated rings. The third-order valence-corrected chi connectivity index (χ3v) is 3.29. The molecule has 0 unspecified atom stereocenters. The van der Waals surface area contributed by atoms with E-state index in [1.165, 1.54) is 23.9 Å². The second-order valence-electron chi connectivity index (χ2n) is 4.08. The van der Waals surface area contributed by atoms with E-state index in [0.29, 0.717) is 22.3 Å². The Bertz CT molecular complexity index is 646. The molecule has 6 nitrogen and oxygen atoms in total. The van der Waals surface area contributed by atoms with Crippen molar-refractivity contribution in [3.8, 4) is 0 Å². The molecule has 0 aliphatic heterocycles. The van der Waals surface area contributed by atoms with Gasteiger partial charge in [0.05, 0.1) is 11.0 Å². The molecular formula is C12H11FN4O2S. The highest BCUT2D eigenvalue weighted by Gasteiger charge is 2.10. The van der Waals surface area contributed by atoms with Gasteiger partial charge >= 0.3 is 0 Å². The average molecular weight is 294 g/mol. The van der Waals surface area contributed by atoms with Crippen LogP contribution in [0.3, 0.4) is 0 Å². The molecule has 0 bridgehead atoms. The number of nitrogens with two attached hydrogens (primary N) is 1. The third-order valence-electron chi connectivity index (χ3n) is 2.37. The van der Waals surface area contributed by atoms with Crippen molar-refractivity contribution >= 4 is 23.3 Å². The largest absolute Gasteiger partial charge is 0.384 e. The zero-order chi connectivity index (χ0) is 14.7. The summed E-state index contributed by atoms with van der Waals surface area (Å²) in [7, 11) is 0. The summed E-state index contributed by atoms with van der Waals surface area (Å²) in [6.07, 6.45) is 0. The Morgan fingerprint density at radius 1 is 1.35 bits per heavy atom. The van der Waals surface area contributed by atoms with Crippen LogP contribution in [0.15, 0.2) is 29.4 Å². The lowest BCUT2D eigenvalue weighted by Crippen LogP contribution is -1.97. The van der Waals surface area contributed by atoms with Crippen molar-refractivity contribution in [2.24, 2.45) is 0 Å². The number of hydrogen-bond donors (Lipinski definition) is 1. The van der Waals surface area contributed by atoms with E-state index in [9.17, 15) is 14.5 Å². The molecule has 0 spiro atoms. The molecular weight excluding hydrogens is 283 g/mol. The van der Waals surface area contributed by atoms with Crippen molar-refractivity contribution in [2.45, 2.75) is 17.8 Å². The smallest absolute Gasteiger partial charge is 0.272 e. The summed E-state index contributed by atoms with van der Waals surface area (Å²) in [6.45, 7) is 1.79. The summed E-state index contributed by atoms with van der Waals surface area (Å²) in [4.78, 5) is 18.2. The molecule has 2 aromatic rings. The minimum atomic E-state index is -0.639. The standard InChI is InChI=1S/C12H11FN4O2S/c1-7-2-11(14)16-12(15-7)20-6-8-3-9(13)5-10(4-8)17(18)19/h2-5H,6H2,1H3,(H2,14,15,16). The lowest BCUT2D eigenvalue weighted by Gasteiger charge is -2.03. The van der Waals surface area contributed by atoms with Crippen LogP contribution in [0.4, 0.5) is 15.9 Å². The van der Waals surface area contributed by atoms with Gasteiger partial charge in [0.15, 0.2) is 5.16 Å². The van der Waals surface area contributed by atoms with Gasteiger partial charge in [0.2, 0.25) is 0 Å². The van der Waals surface area contributed by atoms with Crippen LogP contribution in [0.5, 0.6) is 0 Å². The van der Waals surface area contributed by atoms with Crippen molar-refractivity contribution in [1.29, 1.82) is 0 Å². The summed E-state index contributed by atoms with van der Waals surface area (Å²) in [5.41, 5.74) is 6.55. The highest BCUT2D eigenvalue weighted by Crippen LogP contribution is 2.24. The minimum absolute atomic E-state index is 0.273. The van der Waals surface area contributed by atoms with Crippen LogP contribution in [0.2, 0.25) is 0 Å². The molecule has 0 saturated heterocycles. The Balaban J connectivity index is 2.16. The maximum Gasteiger partial charge on any atom is 0.272 e. The Morgan fingerprint density at radius 2 is 2.10 bits per heavy atom. The number of aromatic nitrogens is 2. The highest BCUT2D eigenvalue weighted by atomic mass is 32.2. The lowest BCUT2D eigenvalue weighted by molar-refractivity contribution is -0.385. The monoisotopic (exact) mass is 294 g/mol. The zero-order valence-electron chi connectivity index (χ0n) is 10.5. The van der Waals surface area contributed by atoms with Crippen LogP contribution in [-0.2, 0) is 5.75 Å². The zero-order valence-corrected chi connectivity index (χ0v) is 11.4. The van der Waals surface area contributed by atoms with Gasteiger partial charge in [-0.2, -0.15) is 0 Å². The Kier molecular flexibility index (Phi) is 4.14. The predicted octanol–water partition coefficient (Wildman–Crippen LogP) is 2.71. The van der Waals surface area contributed by atoms with E-state index in [1.54, 1.807) is 13.0 Å². The lowest BCUT2D eigenvalue weighted by atomic mass is 10.2. The molecule has 20 heavy (non-hydrogen) atoms. The van der Waals surface area contributed by atoms with Gasteiger partial charge in [-0.25, -0.2) is 14.4 Å². The number of rotatable bonds is 4. The Hall–Kier alpha value is -2.22. The number of nitro groups is 1. The number of nitrogen functional groups attached to an aromatic ring is 1. The SMILES string of the molecule is Cc1cc(N)nc(SCc2cc(F)cc([N+](=O)[O-])c2)n1. The highest BCUT2D eigenvalue weighted by molar-refractivity contribution is 7.98. The third kappa shape index (κ3) is 3.64. The molecule has 2 rings (SSSR count). The van der Waals surface area contributed by atoms with Crippen molar-refractivity contribution in [2.75, 3.05) is 5.73 Å². The fraction of sp³-hybridized carbons (Fsp3) is 0.167. The molecule has 1 aromatic carbocycles. The first-order valence-corrected chi connectivity index (χ1v) is 6.60. The van der Waals surface area contributed by atoms with Crippen LogP contribution in [0, 0.1) is 22.9 Å². The number of non-ortho nitro benzene ring substituents is 1. The van der Waals surface area contributed by atoms with Gasteiger partial charge in [0.1, 0.15) is 11.6 Å². The number of nitro benzene ring substituents is 1. The first kappa shape index (κ1) is 14.2. The molecule has 0 atom stereocenters. The molecule has 0 saturated carbocycles. The van der Waals surface area contributed by atoms with E-state index in [0.717, 1.165) is 11.8 Å². The Labute approximate surface area is 118 Å². The average Bonchev–Trinajstić information content (AvgIpc) is 2.34. The van der Waals surface area contributed by atoms with E-state index < -0.39 is 10.7 Å². The number of thioether (sulfide) groups is 1. The van der Waals surface area contributed by atoms with E-state index in [2.05, 4.69) is 9.97 Å². The quantitative estimate of drug-likeness (QED) is 0.403. The number of halogens is 1. The van der Waals surface area contributed by atoms with Gasteiger partial charge in [-0.15, -0.1) is 0 Å². The summed E-state index contributed by atoms with van der Waals surface area (Å²) in [5.74, 6) is 0.0336. The summed E-state index contributed by atoms with van der Waals surface area (Å²) >= 11 is 1.24. The maximum absolute atomic E-state index is 13.3. The molecule has 104 valence electrons. The normalized spacial score (nSPS) is 10.5. The molecule has 0 amide bonds. The van der Waals surface area contributed by atoms with E-state index in [1.807, 2.05) is 0 Å². The first-order valence-electron chi connectivity index (χ1n) is 5.62. The van der Waals surface area contributed by atoms with Crippen molar-refractivity contribution in [3.05, 3.63) is 51.5 Å². The van der Waals surface area contributed by atoms with Crippen LogP contribution in [-0.4, -0.2) is 14.9 Å². The van der Waals surface area contributed by atoms with Gasteiger partial charge in [-0.1, -0.05) is 11.8 Å². The fourth-order valence-electron chi connectivity index (χ4n) is 1.60. The number of hydrogen-bond acceptors (Lipinski definition) is 6.